The van der Waals surface area contributed by atoms with Gasteiger partial charge in [-0.15, -0.1) is 11.8 Å². The largest absolute Gasteiger partial charge is 0.480 e. The molecule has 0 bridgehead atoms. The zero-order valence-electron chi connectivity index (χ0n) is 10.9. The topological polar surface area (TPSA) is 49.3 Å². The van der Waals surface area contributed by atoms with Crippen LogP contribution in [0.4, 0.5) is 4.39 Å². The summed E-state index contributed by atoms with van der Waals surface area (Å²) in [6.07, 6.45) is 2.12. The van der Waals surface area contributed by atoms with Gasteiger partial charge in [0.2, 0.25) is 0 Å². The van der Waals surface area contributed by atoms with Crippen molar-refractivity contribution >= 4 is 17.7 Å². The van der Waals surface area contributed by atoms with Gasteiger partial charge in [0.25, 0.3) is 0 Å². The molecule has 0 heterocycles. The highest BCUT2D eigenvalue weighted by atomic mass is 32.2. The second-order valence-corrected chi connectivity index (χ2v) is 6.23. The van der Waals surface area contributed by atoms with Crippen LogP contribution >= 0.6 is 11.8 Å². The van der Waals surface area contributed by atoms with E-state index in [0.29, 0.717) is 19.4 Å². The van der Waals surface area contributed by atoms with E-state index < -0.39 is 11.5 Å². The molecule has 0 amide bonds. The standard InChI is InChI=1S/C14H18FNO2S/c1-2-16-14(13(17)18)8-7-12(9-14)19-11-5-3-10(15)4-6-11/h3-6,12,16H,2,7-9H2,1H3,(H,17,18). The Bertz CT molecular complexity index is 451. The van der Waals surface area contributed by atoms with E-state index in [1.54, 1.807) is 23.9 Å². The molecule has 2 N–H and O–H groups in total. The SMILES string of the molecule is CCNC1(C(=O)O)CCC(Sc2ccc(F)cc2)C1. The van der Waals surface area contributed by atoms with Crippen molar-refractivity contribution < 1.29 is 14.3 Å². The molecule has 0 aliphatic heterocycles. The van der Waals surface area contributed by atoms with Crippen LogP contribution in [0, 0.1) is 5.82 Å². The minimum atomic E-state index is -0.785. The van der Waals surface area contributed by atoms with Crippen molar-refractivity contribution in [3.63, 3.8) is 0 Å². The van der Waals surface area contributed by atoms with Crippen LogP contribution < -0.4 is 5.32 Å². The third-order valence-electron chi connectivity index (χ3n) is 3.51. The number of carboxylic acids is 1. The number of aliphatic carboxylic acids is 1. The highest BCUT2D eigenvalue weighted by Gasteiger charge is 2.45. The first-order chi connectivity index (χ1) is 9.05. The van der Waals surface area contributed by atoms with Crippen molar-refractivity contribution in [2.45, 2.75) is 41.9 Å². The van der Waals surface area contributed by atoms with E-state index in [-0.39, 0.29) is 11.1 Å². The van der Waals surface area contributed by atoms with Crippen LogP contribution in [-0.4, -0.2) is 28.4 Å². The number of hydrogen-bond acceptors (Lipinski definition) is 3. The Morgan fingerprint density at radius 1 is 1.53 bits per heavy atom. The lowest BCUT2D eigenvalue weighted by atomic mass is 9.98. The van der Waals surface area contributed by atoms with Gasteiger partial charge >= 0.3 is 5.97 Å². The molecule has 0 radical (unpaired) electrons. The second-order valence-electron chi connectivity index (χ2n) is 4.85. The van der Waals surface area contributed by atoms with Gasteiger partial charge in [-0.2, -0.15) is 0 Å². The van der Waals surface area contributed by atoms with Crippen LogP contribution in [0.3, 0.4) is 0 Å². The van der Waals surface area contributed by atoms with Gasteiger partial charge in [-0.1, -0.05) is 6.92 Å². The summed E-state index contributed by atoms with van der Waals surface area (Å²) in [7, 11) is 0. The van der Waals surface area contributed by atoms with Gasteiger partial charge in [0.05, 0.1) is 0 Å². The summed E-state index contributed by atoms with van der Waals surface area (Å²) in [6, 6.07) is 6.36. The number of halogens is 1. The van der Waals surface area contributed by atoms with E-state index in [1.807, 2.05) is 6.92 Å². The maximum absolute atomic E-state index is 12.8. The Balaban J connectivity index is 2.01. The molecule has 1 aromatic rings. The molecule has 19 heavy (non-hydrogen) atoms. The summed E-state index contributed by atoms with van der Waals surface area (Å²) in [5, 5.41) is 12.8. The summed E-state index contributed by atoms with van der Waals surface area (Å²) in [5.41, 5.74) is -0.785. The Kier molecular flexibility index (Phi) is 4.47. The number of nitrogens with one attached hydrogen (secondary N) is 1. The van der Waals surface area contributed by atoms with Crippen molar-refractivity contribution in [1.82, 2.24) is 5.32 Å². The summed E-state index contributed by atoms with van der Waals surface area (Å²) < 4.78 is 12.8. The Labute approximate surface area is 116 Å². The van der Waals surface area contributed by atoms with Gasteiger partial charge in [-0.3, -0.25) is 4.79 Å². The minimum Gasteiger partial charge on any atom is -0.480 e. The van der Waals surface area contributed by atoms with E-state index in [0.717, 1.165) is 11.3 Å². The summed E-state index contributed by atoms with van der Waals surface area (Å²) in [5.74, 6) is -1.01. The summed E-state index contributed by atoms with van der Waals surface area (Å²) in [6.45, 7) is 2.57. The third-order valence-corrected chi connectivity index (χ3v) is 4.79. The lowest BCUT2D eigenvalue weighted by Crippen LogP contribution is -2.50. The van der Waals surface area contributed by atoms with E-state index in [9.17, 15) is 14.3 Å². The smallest absolute Gasteiger partial charge is 0.323 e. The molecule has 1 aliphatic carbocycles. The Hall–Kier alpha value is -1.07. The molecular weight excluding hydrogens is 265 g/mol. The maximum atomic E-state index is 12.8. The maximum Gasteiger partial charge on any atom is 0.323 e. The van der Waals surface area contributed by atoms with Crippen LogP contribution in [-0.2, 0) is 4.79 Å². The first-order valence-corrected chi connectivity index (χ1v) is 7.34. The van der Waals surface area contributed by atoms with E-state index >= 15 is 0 Å². The molecule has 2 rings (SSSR count). The van der Waals surface area contributed by atoms with Crippen molar-refractivity contribution in [2.75, 3.05) is 6.54 Å². The van der Waals surface area contributed by atoms with Crippen LogP contribution in [0.1, 0.15) is 26.2 Å². The number of likely N-dealkylation sites (N-methyl/N-ethyl adjacent to an activating group) is 1. The molecule has 104 valence electrons. The number of carbonyl (C=O) groups is 1. The average Bonchev–Trinajstić information content (AvgIpc) is 2.77. The number of benzene rings is 1. The van der Waals surface area contributed by atoms with E-state index in [2.05, 4.69) is 5.32 Å². The van der Waals surface area contributed by atoms with Gasteiger partial charge in [-0.25, -0.2) is 4.39 Å². The van der Waals surface area contributed by atoms with E-state index in [1.165, 1.54) is 12.1 Å². The fourth-order valence-corrected chi connectivity index (χ4v) is 3.86. The molecule has 0 saturated heterocycles. The Morgan fingerprint density at radius 2 is 2.21 bits per heavy atom. The van der Waals surface area contributed by atoms with Crippen LogP contribution in [0.2, 0.25) is 0 Å². The van der Waals surface area contributed by atoms with Gasteiger partial charge in [0, 0.05) is 10.1 Å². The van der Waals surface area contributed by atoms with Crippen molar-refractivity contribution in [2.24, 2.45) is 0 Å². The van der Waals surface area contributed by atoms with Crippen LogP contribution in [0.5, 0.6) is 0 Å². The number of hydrogen-bond donors (Lipinski definition) is 2. The highest BCUT2D eigenvalue weighted by molar-refractivity contribution is 8.00. The molecule has 1 fully saturated rings. The van der Waals surface area contributed by atoms with Crippen LogP contribution in [0.25, 0.3) is 0 Å². The molecule has 0 spiro atoms. The molecular formula is C14H18FNO2S. The van der Waals surface area contributed by atoms with Gasteiger partial charge in [0.1, 0.15) is 11.4 Å². The number of thioether (sulfide) groups is 1. The van der Waals surface area contributed by atoms with Gasteiger partial charge < -0.3 is 10.4 Å². The predicted octanol–water partition coefficient (Wildman–Crippen LogP) is 2.90. The summed E-state index contributed by atoms with van der Waals surface area (Å²) >= 11 is 1.64. The van der Waals surface area contributed by atoms with E-state index in [4.69, 9.17) is 0 Å². The average molecular weight is 283 g/mol. The normalized spacial score (nSPS) is 26.5. The third kappa shape index (κ3) is 3.28. The van der Waals surface area contributed by atoms with Crippen molar-refractivity contribution in [1.29, 1.82) is 0 Å². The zero-order valence-corrected chi connectivity index (χ0v) is 11.7. The fourth-order valence-electron chi connectivity index (χ4n) is 2.58. The summed E-state index contributed by atoms with van der Waals surface area (Å²) in [4.78, 5) is 12.4. The molecule has 0 aromatic heterocycles. The monoisotopic (exact) mass is 283 g/mol. The fraction of sp³-hybridized carbons (Fsp3) is 0.500. The molecule has 1 aromatic carbocycles. The van der Waals surface area contributed by atoms with Crippen molar-refractivity contribution in [3.8, 4) is 0 Å². The minimum absolute atomic E-state index is 0.247. The van der Waals surface area contributed by atoms with Crippen molar-refractivity contribution in [3.05, 3.63) is 30.1 Å². The molecule has 3 nitrogen and oxygen atoms in total. The second kappa shape index (κ2) is 5.92. The number of carboxylic acid groups (broad SMARTS) is 1. The molecule has 1 aliphatic rings. The lowest BCUT2D eigenvalue weighted by Gasteiger charge is -2.25. The first kappa shape index (κ1) is 14.3. The van der Waals surface area contributed by atoms with Gasteiger partial charge in [-0.05, 0) is 50.1 Å². The zero-order chi connectivity index (χ0) is 13.9. The lowest BCUT2D eigenvalue weighted by molar-refractivity contribution is -0.144. The molecule has 5 heteroatoms. The first-order valence-electron chi connectivity index (χ1n) is 6.46. The number of rotatable bonds is 5. The molecule has 2 atom stereocenters. The highest BCUT2D eigenvalue weighted by Crippen LogP contribution is 2.40. The van der Waals surface area contributed by atoms with Crippen LogP contribution in [0.15, 0.2) is 29.2 Å². The quantitative estimate of drug-likeness (QED) is 0.872. The Morgan fingerprint density at radius 3 is 2.79 bits per heavy atom. The molecule has 1 saturated carbocycles. The van der Waals surface area contributed by atoms with Gasteiger partial charge in [0.15, 0.2) is 0 Å². The predicted molar refractivity (Wildman–Crippen MR) is 73.9 cm³/mol. The molecule has 2 unspecified atom stereocenters.